The van der Waals surface area contributed by atoms with Gasteiger partial charge < -0.3 is 9.84 Å². The standard InChI is InChI=1S/C24H30N2O2/c1-24(27,15-13-20-9-11-22(28-2)12-10-20)14-6-18-26-17-4-3-8-23(26)21-7-5-16-25-19-21/h5,7,9-12,16,19,23,27H,3-4,8,13,15,17-18H2,1-2H3/t23-,24+/m1/s1. The summed E-state index contributed by atoms with van der Waals surface area (Å²) in [7, 11) is 1.66. The SMILES string of the molecule is COc1ccc(CC[C@@](C)(O)C#CCN2CCCC[C@@H]2c2cccnc2)cc1. The van der Waals surface area contributed by atoms with Crippen molar-refractivity contribution in [1.29, 1.82) is 0 Å². The molecule has 148 valence electrons. The van der Waals surface area contributed by atoms with Gasteiger partial charge in [0.05, 0.1) is 13.7 Å². The number of likely N-dealkylation sites (tertiary alicyclic amines) is 1. The molecule has 1 aliphatic heterocycles. The van der Waals surface area contributed by atoms with Gasteiger partial charge in [0.15, 0.2) is 0 Å². The van der Waals surface area contributed by atoms with Gasteiger partial charge in [-0.3, -0.25) is 9.88 Å². The Hall–Kier alpha value is -2.35. The fourth-order valence-corrected chi connectivity index (χ4v) is 3.70. The molecule has 2 heterocycles. The van der Waals surface area contributed by atoms with Crippen molar-refractivity contribution >= 4 is 0 Å². The van der Waals surface area contributed by atoms with E-state index in [2.05, 4.69) is 27.8 Å². The van der Waals surface area contributed by atoms with Crippen molar-refractivity contribution in [1.82, 2.24) is 9.88 Å². The molecule has 1 aromatic heterocycles. The maximum Gasteiger partial charge on any atom is 0.123 e. The van der Waals surface area contributed by atoms with Crippen molar-refractivity contribution in [2.45, 2.75) is 50.7 Å². The Morgan fingerprint density at radius 3 is 2.79 bits per heavy atom. The third-order valence-corrected chi connectivity index (χ3v) is 5.38. The van der Waals surface area contributed by atoms with Gasteiger partial charge in [-0.1, -0.05) is 36.5 Å². The molecule has 1 saturated heterocycles. The van der Waals surface area contributed by atoms with Gasteiger partial charge in [0.2, 0.25) is 0 Å². The van der Waals surface area contributed by atoms with Crippen LogP contribution in [0.3, 0.4) is 0 Å². The molecule has 1 N–H and O–H groups in total. The summed E-state index contributed by atoms with van der Waals surface area (Å²) < 4.78 is 5.19. The minimum atomic E-state index is -0.987. The number of benzene rings is 1. The number of pyridine rings is 1. The minimum absolute atomic E-state index is 0.376. The van der Waals surface area contributed by atoms with Crippen LogP contribution in [0.1, 0.15) is 49.8 Å². The molecule has 1 aromatic carbocycles. The average molecular weight is 379 g/mol. The summed E-state index contributed by atoms with van der Waals surface area (Å²) in [6.45, 7) is 3.53. The van der Waals surface area contributed by atoms with E-state index < -0.39 is 5.60 Å². The van der Waals surface area contributed by atoms with Crippen LogP contribution in [0.25, 0.3) is 0 Å². The monoisotopic (exact) mass is 378 g/mol. The highest BCUT2D eigenvalue weighted by atomic mass is 16.5. The van der Waals surface area contributed by atoms with E-state index in [-0.39, 0.29) is 0 Å². The van der Waals surface area contributed by atoms with E-state index >= 15 is 0 Å². The lowest BCUT2D eigenvalue weighted by molar-refractivity contribution is 0.112. The summed E-state index contributed by atoms with van der Waals surface area (Å²) >= 11 is 0. The molecule has 0 unspecified atom stereocenters. The Kier molecular flexibility index (Phi) is 7.08. The molecule has 3 rings (SSSR count). The van der Waals surface area contributed by atoms with Crippen LogP contribution >= 0.6 is 0 Å². The predicted molar refractivity (Wildman–Crippen MR) is 112 cm³/mol. The predicted octanol–water partition coefficient (Wildman–Crippen LogP) is 4.00. The third-order valence-electron chi connectivity index (χ3n) is 5.38. The van der Waals surface area contributed by atoms with E-state index in [0.717, 1.165) is 25.1 Å². The average Bonchev–Trinajstić information content (AvgIpc) is 2.73. The highest BCUT2D eigenvalue weighted by Crippen LogP contribution is 2.29. The molecule has 4 nitrogen and oxygen atoms in total. The summed E-state index contributed by atoms with van der Waals surface area (Å²) in [6.07, 6.45) is 8.75. The van der Waals surface area contributed by atoms with Crippen LogP contribution in [-0.2, 0) is 6.42 Å². The molecule has 28 heavy (non-hydrogen) atoms. The lowest BCUT2D eigenvalue weighted by Crippen LogP contribution is -2.34. The molecule has 0 aliphatic carbocycles. The van der Waals surface area contributed by atoms with Crippen LogP contribution in [0.2, 0.25) is 0 Å². The highest BCUT2D eigenvalue weighted by Gasteiger charge is 2.23. The second-order valence-corrected chi connectivity index (χ2v) is 7.69. The maximum atomic E-state index is 10.7. The van der Waals surface area contributed by atoms with E-state index in [0.29, 0.717) is 19.0 Å². The normalized spacial score (nSPS) is 19.3. The first-order valence-corrected chi connectivity index (χ1v) is 10.1. The summed E-state index contributed by atoms with van der Waals surface area (Å²) in [4.78, 5) is 6.68. The number of rotatable bonds is 6. The second-order valence-electron chi connectivity index (χ2n) is 7.69. The van der Waals surface area contributed by atoms with Crippen LogP contribution < -0.4 is 4.74 Å². The number of aliphatic hydroxyl groups is 1. The van der Waals surface area contributed by atoms with Crippen LogP contribution in [0, 0.1) is 11.8 Å². The minimum Gasteiger partial charge on any atom is -0.497 e. The lowest BCUT2D eigenvalue weighted by Gasteiger charge is -2.34. The number of hydrogen-bond acceptors (Lipinski definition) is 4. The highest BCUT2D eigenvalue weighted by molar-refractivity contribution is 5.27. The largest absolute Gasteiger partial charge is 0.497 e. The Bertz CT molecular complexity index is 791. The van der Waals surface area contributed by atoms with Crippen molar-refractivity contribution in [3.05, 3.63) is 59.9 Å². The van der Waals surface area contributed by atoms with E-state index in [9.17, 15) is 5.11 Å². The Morgan fingerprint density at radius 2 is 2.07 bits per heavy atom. The molecule has 0 bridgehead atoms. The van der Waals surface area contributed by atoms with Crippen molar-refractivity contribution in [3.63, 3.8) is 0 Å². The topological polar surface area (TPSA) is 45.6 Å². The van der Waals surface area contributed by atoms with E-state index in [1.165, 1.54) is 24.0 Å². The lowest BCUT2D eigenvalue weighted by atomic mass is 9.96. The molecule has 1 aliphatic rings. The first-order chi connectivity index (χ1) is 13.6. The van der Waals surface area contributed by atoms with Gasteiger partial charge in [0, 0.05) is 18.4 Å². The Labute approximate surface area is 168 Å². The summed E-state index contributed by atoms with van der Waals surface area (Å²) in [5.41, 5.74) is 1.45. The van der Waals surface area contributed by atoms with Gasteiger partial charge in [-0.2, -0.15) is 0 Å². The molecular formula is C24H30N2O2. The van der Waals surface area contributed by atoms with Crippen LogP contribution in [-0.4, -0.2) is 40.8 Å². The van der Waals surface area contributed by atoms with Crippen LogP contribution in [0.15, 0.2) is 48.8 Å². The molecule has 0 saturated carbocycles. The van der Waals surface area contributed by atoms with Gasteiger partial charge >= 0.3 is 0 Å². The van der Waals surface area contributed by atoms with E-state index in [4.69, 9.17) is 4.74 Å². The third kappa shape index (κ3) is 5.82. The number of piperidine rings is 1. The first-order valence-electron chi connectivity index (χ1n) is 10.1. The zero-order valence-corrected chi connectivity index (χ0v) is 16.9. The number of methoxy groups -OCH3 is 1. The molecule has 2 atom stereocenters. The van der Waals surface area contributed by atoms with Crippen molar-refractivity contribution < 1.29 is 9.84 Å². The first kappa shape index (κ1) is 20.4. The number of nitrogens with zero attached hydrogens (tertiary/aromatic N) is 2. The molecule has 2 aromatic rings. The van der Waals surface area contributed by atoms with Crippen LogP contribution in [0.5, 0.6) is 5.75 Å². The Balaban J connectivity index is 1.56. The van der Waals surface area contributed by atoms with Crippen molar-refractivity contribution in [2.75, 3.05) is 20.2 Å². The molecule has 4 heteroatoms. The smallest absolute Gasteiger partial charge is 0.123 e. The van der Waals surface area contributed by atoms with Crippen molar-refractivity contribution in [2.24, 2.45) is 0 Å². The number of aromatic nitrogens is 1. The number of aryl methyl sites for hydroxylation is 1. The van der Waals surface area contributed by atoms with Crippen molar-refractivity contribution in [3.8, 4) is 17.6 Å². The fraction of sp³-hybridized carbons (Fsp3) is 0.458. The molecule has 0 spiro atoms. The zero-order valence-electron chi connectivity index (χ0n) is 16.9. The van der Waals surface area contributed by atoms with Gasteiger partial charge in [0.25, 0.3) is 0 Å². The molecule has 0 amide bonds. The van der Waals surface area contributed by atoms with E-state index in [1.54, 1.807) is 14.0 Å². The number of hydrogen-bond donors (Lipinski definition) is 1. The zero-order chi connectivity index (χ0) is 19.8. The summed E-state index contributed by atoms with van der Waals surface area (Å²) in [5.74, 6) is 7.18. The summed E-state index contributed by atoms with van der Waals surface area (Å²) in [5, 5.41) is 10.7. The number of ether oxygens (including phenoxy) is 1. The maximum absolute atomic E-state index is 10.7. The molecule has 1 fully saturated rings. The van der Waals surface area contributed by atoms with Crippen LogP contribution in [0.4, 0.5) is 0 Å². The summed E-state index contributed by atoms with van der Waals surface area (Å²) in [6, 6.07) is 12.5. The molecular weight excluding hydrogens is 348 g/mol. The quantitative estimate of drug-likeness (QED) is 0.772. The van der Waals surface area contributed by atoms with E-state index in [1.807, 2.05) is 42.7 Å². The fourth-order valence-electron chi connectivity index (χ4n) is 3.70. The molecule has 0 radical (unpaired) electrons. The second kappa shape index (κ2) is 9.73. The van der Waals surface area contributed by atoms with Gasteiger partial charge in [-0.05, 0) is 68.5 Å². The van der Waals surface area contributed by atoms with Gasteiger partial charge in [0.1, 0.15) is 11.4 Å². The Morgan fingerprint density at radius 1 is 1.25 bits per heavy atom. The van der Waals surface area contributed by atoms with Gasteiger partial charge in [-0.25, -0.2) is 0 Å². The van der Waals surface area contributed by atoms with Gasteiger partial charge in [-0.15, -0.1) is 0 Å².